The highest BCUT2D eigenvalue weighted by atomic mass is 19.1. The minimum atomic E-state index is -0.320. The van der Waals surface area contributed by atoms with Gasteiger partial charge in [0.1, 0.15) is 11.6 Å². The molecule has 1 aromatic heterocycles. The van der Waals surface area contributed by atoms with E-state index in [0.29, 0.717) is 10.9 Å². The van der Waals surface area contributed by atoms with Crippen molar-refractivity contribution in [1.29, 1.82) is 0 Å². The van der Waals surface area contributed by atoms with E-state index >= 15 is 0 Å². The minimum absolute atomic E-state index is 0.0754. The van der Waals surface area contributed by atoms with Gasteiger partial charge in [0.15, 0.2) is 0 Å². The average Bonchev–Trinajstić information content (AvgIpc) is 2.45. The monoisotopic (exact) mass is 151 g/mol. The van der Waals surface area contributed by atoms with Crippen molar-refractivity contribution in [2.75, 3.05) is 0 Å². The zero-order valence-electron chi connectivity index (χ0n) is 5.63. The molecule has 0 aliphatic rings. The first-order valence-corrected chi connectivity index (χ1v) is 3.23. The largest absolute Gasteiger partial charge is 0.506 e. The SMILES string of the molecule is Oc1ccc(F)c2cc[nH]c12. The van der Waals surface area contributed by atoms with Crippen LogP contribution in [-0.2, 0) is 0 Å². The number of halogens is 1. The Morgan fingerprint density at radius 3 is 2.82 bits per heavy atom. The molecule has 0 fully saturated rings. The maximum atomic E-state index is 12.9. The molecule has 2 nitrogen and oxygen atoms in total. The topological polar surface area (TPSA) is 36.0 Å². The number of hydrogen-bond donors (Lipinski definition) is 2. The molecule has 11 heavy (non-hydrogen) atoms. The van der Waals surface area contributed by atoms with E-state index in [1.807, 2.05) is 0 Å². The highest BCUT2D eigenvalue weighted by Gasteiger charge is 2.03. The van der Waals surface area contributed by atoms with Gasteiger partial charge in [-0.2, -0.15) is 0 Å². The number of hydrogen-bond acceptors (Lipinski definition) is 1. The van der Waals surface area contributed by atoms with Crippen LogP contribution in [-0.4, -0.2) is 10.1 Å². The summed E-state index contributed by atoms with van der Waals surface area (Å²) in [6, 6.07) is 4.16. The number of H-pyrrole nitrogens is 1. The van der Waals surface area contributed by atoms with Gasteiger partial charge in [-0.25, -0.2) is 4.39 Å². The Morgan fingerprint density at radius 2 is 2.09 bits per heavy atom. The molecule has 2 aromatic rings. The summed E-state index contributed by atoms with van der Waals surface area (Å²) in [4.78, 5) is 2.74. The molecular weight excluding hydrogens is 145 g/mol. The Hall–Kier alpha value is -1.51. The van der Waals surface area contributed by atoms with Crippen LogP contribution in [0.4, 0.5) is 4.39 Å². The highest BCUT2D eigenvalue weighted by molar-refractivity contribution is 5.85. The van der Waals surface area contributed by atoms with E-state index in [-0.39, 0.29) is 11.6 Å². The minimum Gasteiger partial charge on any atom is -0.506 e. The number of aromatic nitrogens is 1. The van der Waals surface area contributed by atoms with Crippen molar-refractivity contribution in [3.8, 4) is 5.75 Å². The second kappa shape index (κ2) is 1.99. The lowest BCUT2D eigenvalue weighted by molar-refractivity contribution is 0.479. The molecule has 0 aliphatic heterocycles. The molecule has 2 rings (SSSR count). The zero-order chi connectivity index (χ0) is 7.84. The van der Waals surface area contributed by atoms with Crippen LogP contribution in [0.2, 0.25) is 0 Å². The second-order valence-corrected chi connectivity index (χ2v) is 2.33. The molecule has 1 aromatic carbocycles. The summed E-state index contributed by atoms with van der Waals surface area (Å²) in [7, 11) is 0. The molecule has 0 aliphatic carbocycles. The summed E-state index contributed by atoms with van der Waals surface area (Å²) in [5, 5.41) is 9.61. The zero-order valence-corrected chi connectivity index (χ0v) is 5.63. The Morgan fingerprint density at radius 1 is 1.27 bits per heavy atom. The third kappa shape index (κ3) is 0.774. The summed E-state index contributed by atoms with van der Waals surface area (Å²) in [6.45, 7) is 0. The lowest BCUT2D eigenvalue weighted by Gasteiger charge is -1.94. The van der Waals surface area contributed by atoms with Crippen molar-refractivity contribution >= 4 is 10.9 Å². The van der Waals surface area contributed by atoms with E-state index in [1.54, 1.807) is 12.3 Å². The number of benzene rings is 1. The van der Waals surface area contributed by atoms with Crippen molar-refractivity contribution in [1.82, 2.24) is 4.98 Å². The van der Waals surface area contributed by atoms with Gasteiger partial charge in [-0.1, -0.05) is 0 Å². The molecule has 0 amide bonds. The molecule has 0 radical (unpaired) electrons. The van der Waals surface area contributed by atoms with Gasteiger partial charge in [0.05, 0.1) is 5.52 Å². The van der Waals surface area contributed by atoms with Crippen LogP contribution < -0.4 is 0 Å². The van der Waals surface area contributed by atoms with E-state index in [4.69, 9.17) is 0 Å². The molecular formula is C8H6FNO. The summed E-state index contributed by atoms with van der Waals surface area (Å²) < 4.78 is 12.9. The van der Waals surface area contributed by atoms with Crippen molar-refractivity contribution in [3.05, 3.63) is 30.2 Å². The molecule has 1 heterocycles. The molecule has 0 spiro atoms. The summed E-state index contributed by atoms with van der Waals surface area (Å²) in [5.41, 5.74) is 0.449. The quantitative estimate of drug-likeness (QED) is 0.593. The number of fused-ring (bicyclic) bond motifs is 1. The van der Waals surface area contributed by atoms with Crippen LogP contribution in [0.5, 0.6) is 5.75 Å². The summed E-state index contributed by atoms with van der Waals surface area (Å²) in [5.74, 6) is -0.245. The van der Waals surface area contributed by atoms with Crippen molar-refractivity contribution in [2.45, 2.75) is 0 Å². The third-order valence-electron chi connectivity index (χ3n) is 1.65. The highest BCUT2D eigenvalue weighted by Crippen LogP contribution is 2.24. The van der Waals surface area contributed by atoms with Crippen LogP contribution >= 0.6 is 0 Å². The van der Waals surface area contributed by atoms with Gasteiger partial charge >= 0.3 is 0 Å². The molecule has 0 saturated heterocycles. The average molecular weight is 151 g/mol. The van der Waals surface area contributed by atoms with Gasteiger partial charge in [0.2, 0.25) is 0 Å². The first kappa shape index (κ1) is 6.22. The van der Waals surface area contributed by atoms with E-state index < -0.39 is 0 Å². The Balaban J connectivity index is 2.96. The van der Waals surface area contributed by atoms with Crippen LogP contribution in [0.3, 0.4) is 0 Å². The van der Waals surface area contributed by atoms with E-state index in [9.17, 15) is 9.50 Å². The molecule has 0 saturated carbocycles. The molecule has 0 unspecified atom stereocenters. The van der Waals surface area contributed by atoms with Crippen molar-refractivity contribution < 1.29 is 9.50 Å². The first-order valence-electron chi connectivity index (χ1n) is 3.23. The Bertz CT molecular complexity index is 358. The summed E-state index contributed by atoms with van der Waals surface area (Å²) >= 11 is 0. The van der Waals surface area contributed by atoms with Gasteiger partial charge in [-0.3, -0.25) is 0 Å². The van der Waals surface area contributed by atoms with E-state index in [1.165, 1.54) is 12.1 Å². The number of aromatic amines is 1. The molecule has 3 heteroatoms. The Labute approximate surface area is 62.3 Å². The lowest BCUT2D eigenvalue weighted by Crippen LogP contribution is -1.75. The predicted molar refractivity (Wildman–Crippen MR) is 39.9 cm³/mol. The number of nitrogens with one attached hydrogen (secondary N) is 1. The van der Waals surface area contributed by atoms with Gasteiger partial charge < -0.3 is 10.1 Å². The van der Waals surface area contributed by atoms with E-state index in [2.05, 4.69) is 4.98 Å². The molecule has 0 atom stereocenters. The smallest absolute Gasteiger partial charge is 0.139 e. The van der Waals surface area contributed by atoms with Crippen LogP contribution in [0.1, 0.15) is 0 Å². The lowest BCUT2D eigenvalue weighted by atomic mass is 10.2. The van der Waals surface area contributed by atoms with Gasteiger partial charge in [-0.15, -0.1) is 0 Å². The third-order valence-corrected chi connectivity index (χ3v) is 1.65. The maximum absolute atomic E-state index is 12.9. The second-order valence-electron chi connectivity index (χ2n) is 2.33. The number of phenolic OH excluding ortho intramolecular Hbond substituents is 1. The van der Waals surface area contributed by atoms with E-state index in [0.717, 1.165) is 0 Å². The predicted octanol–water partition coefficient (Wildman–Crippen LogP) is 2.01. The van der Waals surface area contributed by atoms with Gasteiger partial charge in [0, 0.05) is 11.6 Å². The van der Waals surface area contributed by atoms with Crippen molar-refractivity contribution in [2.24, 2.45) is 0 Å². The fourth-order valence-electron chi connectivity index (χ4n) is 1.11. The van der Waals surface area contributed by atoms with Crippen LogP contribution in [0.15, 0.2) is 24.4 Å². The number of aromatic hydroxyl groups is 1. The first-order chi connectivity index (χ1) is 5.29. The van der Waals surface area contributed by atoms with Crippen LogP contribution in [0.25, 0.3) is 10.9 Å². The molecule has 0 bridgehead atoms. The normalized spacial score (nSPS) is 10.6. The van der Waals surface area contributed by atoms with Gasteiger partial charge in [-0.05, 0) is 18.2 Å². The number of phenols is 1. The van der Waals surface area contributed by atoms with Crippen LogP contribution in [0, 0.1) is 5.82 Å². The molecule has 56 valence electrons. The van der Waals surface area contributed by atoms with Gasteiger partial charge in [0.25, 0.3) is 0 Å². The fraction of sp³-hybridized carbons (Fsp3) is 0. The molecule has 2 N–H and O–H groups in total. The number of rotatable bonds is 0. The standard InChI is InChI=1S/C8H6FNO/c9-6-1-2-7(11)8-5(6)3-4-10-8/h1-4,10-11H. The van der Waals surface area contributed by atoms with Crippen molar-refractivity contribution in [3.63, 3.8) is 0 Å². The fourth-order valence-corrected chi connectivity index (χ4v) is 1.11. The maximum Gasteiger partial charge on any atom is 0.139 e. The summed E-state index contributed by atoms with van der Waals surface area (Å²) in [6.07, 6.45) is 1.59. The Kier molecular flexibility index (Phi) is 1.12.